The van der Waals surface area contributed by atoms with Gasteiger partial charge in [-0.2, -0.15) is 10.5 Å². The molecule has 0 atom stereocenters. The topological polar surface area (TPSA) is 95.5 Å². The van der Waals surface area contributed by atoms with E-state index in [0.29, 0.717) is 28.6 Å². The molecule has 0 bridgehead atoms. The van der Waals surface area contributed by atoms with Crippen LogP contribution in [0.15, 0.2) is 188 Å². The Balaban J connectivity index is 1.11. The highest BCUT2D eigenvalue weighted by Gasteiger charge is 2.51. The first kappa shape index (κ1) is 34.8. The molecule has 0 unspecified atom stereocenters. The van der Waals surface area contributed by atoms with Crippen LogP contribution in [0.25, 0.3) is 67.5 Å². The predicted molar refractivity (Wildman–Crippen MR) is 234 cm³/mol. The zero-order valence-electron chi connectivity index (χ0n) is 32.0. The maximum atomic E-state index is 9.60. The molecule has 8 aromatic carbocycles. The highest BCUT2D eigenvalue weighted by atomic mass is 16.5. The van der Waals surface area contributed by atoms with Crippen molar-refractivity contribution in [1.82, 2.24) is 15.0 Å². The van der Waals surface area contributed by atoms with E-state index < -0.39 is 5.41 Å². The Labute approximate surface area is 347 Å². The Morgan fingerprint density at radius 1 is 0.350 bits per heavy atom. The number of nitriles is 2. The third-order valence-corrected chi connectivity index (χ3v) is 11.6. The normalized spacial score (nSPS) is 12.6. The summed E-state index contributed by atoms with van der Waals surface area (Å²) in [6.07, 6.45) is 0. The second kappa shape index (κ2) is 13.9. The van der Waals surface area contributed by atoms with E-state index in [9.17, 15) is 10.5 Å². The van der Waals surface area contributed by atoms with Crippen molar-refractivity contribution in [3.8, 4) is 91.2 Å². The first-order chi connectivity index (χ1) is 29.6. The van der Waals surface area contributed by atoms with Crippen LogP contribution in [0.4, 0.5) is 0 Å². The standard InChI is InChI=1S/C54H31N5O/c55-32-34-27-35(33-56)29-42(28-34)37-21-19-36(20-22-37)40-23-25-43-44-26-24-41(53-58-51(38-11-3-1-4-12-38)57-52(59-53)39-13-5-2-6-14-39)31-48(44)54(47(43)30-40)45-15-7-9-17-49(45)60-50-18-10-8-16-46(50)54/h1-31H. The van der Waals surface area contributed by atoms with Crippen molar-refractivity contribution in [2.75, 3.05) is 0 Å². The highest BCUT2D eigenvalue weighted by molar-refractivity contribution is 5.92. The molecule has 11 rings (SSSR count). The van der Waals surface area contributed by atoms with Gasteiger partial charge in [-0.3, -0.25) is 0 Å². The summed E-state index contributed by atoms with van der Waals surface area (Å²) in [5.74, 6) is 3.43. The molecule has 1 aliphatic heterocycles. The maximum absolute atomic E-state index is 9.60. The molecule has 278 valence electrons. The van der Waals surface area contributed by atoms with E-state index in [1.807, 2.05) is 84.9 Å². The van der Waals surface area contributed by atoms with Crippen molar-refractivity contribution < 1.29 is 4.74 Å². The molecule has 1 spiro atoms. The number of nitrogens with zero attached hydrogens (tertiary/aromatic N) is 5. The summed E-state index contributed by atoms with van der Waals surface area (Å²) in [7, 11) is 0. The van der Waals surface area contributed by atoms with Crippen molar-refractivity contribution in [1.29, 1.82) is 10.5 Å². The van der Waals surface area contributed by atoms with Gasteiger partial charge in [0, 0.05) is 27.8 Å². The molecule has 0 radical (unpaired) electrons. The van der Waals surface area contributed by atoms with Gasteiger partial charge in [0.1, 0.15) is 11.5 Å². The number of para-hydroxylation sites is 2. The van der Waals surface area contributed by atoms with Gasteiger partial charge >= 0.3 is 0 Å². The van der Waals surface area contributed by atoms with Crippen LogP contribution in [0.5, 0.6) is 11.5 Å². The zero-order chi connectivity index (χ0) is 40.2. The molecule has 6 heteroatoms. The van der Waals surface area contributed by atoms with Crippen LogP contribution in [0.1, 0.15) is 33.4 Å². The number of aromatic nitrogens is 3. The zero-order valence-corrected chi connectivity index (χ0v) is 32.0. The van der Waals surface area contributed by atoms with Gasteiger partial charge in [0.25, 0.3) is 0 Å². The lowest BCUT2D eigenvalue weighted by Crippen LogP contribution is -2.32. The first-order valence-corrected chi connectivity index (χ1v) is 19.7. The molecule has 2 heterocycles. The second-order valence-electron chi connectivity index (χ2n) is 15.0. The minimum absolute atomic E-state index is 0.459. The van der Waals surface area contributed by atoms with Gasteiger partial charge in [0.2, 0.25) is 0 Å². The summed E-state index contributed by atoms with van der Waals surface area (Å²) in [5, 5.41) is 19.2. The van der Waals surface area contributed by atoms with Gasteiger partial charge in [0.15, 0.2) is 17.5 Å². The lowest BCUT2D eigenvalue weighted by atomic mass is 9.65. The minimum atomic E-state index is -0.731. The van der Waals surface area contributed by atoms with Crippen LogP contribution >= 0.6 is 0 Å². The molecular weight excluding hydrogens is 735 g/mol. The molecule has 1 aliphatic carbocycles. The molecule has 1 aromatic heterocycles. The Bertz CT molecular complexity index is 3120. The van der Waals surface area contributed by atoms with Crippen molar-refractivity contribution in [3.05, 3.63) is 221 Å². The van der Waals surface area contributed by atoms with Crippen molar-refractivity contribution in [2.24, 2.45) is 0 Å². The van der Waals surface area contributed by atoms with Crippen molar-refractivity contribution in [2.45, 2.75) is 5.41 Å². The molecule has 0 fully saturated rings. The lowest BCUT2D eigenvalue weighted by molar-refractivity contribution is 0.436. The maximum Gasteiger partial charge on any atom is 0.164 e. The van der Waals surface area contributed by atoms with E-state index in [4.69, 9.17) is 19.7 Å². The van der Waals surface area contributed by atoms with Crippen molar-refractivity contribution in [3.63, 3.8) is 0 Å². The summed E-state index contributed by atoms with van der Waals surface area (Å²) >= 11 is 0. The third kappa shape index (κ3) is 5.51. The third-order valence-electron chi connectivity index (χ3n) is 11.6. The van der Waals surface area contributed by atoms with Crippen LogP contribution < -0.4 is 4.74 Å². The predicted octanol–water partition coefficient (Wildman–Crippen LogP) is 12.4. The Hall–Kier alpha value is -8.45. The monoisotopic (exact) mass is 765 g/mol. The van der Waals surface area contributed by atoms with E-state index in [2.05, 4.69) is 109 Å². The van der Waals surface area contributed by atoms with Gasteiger partial charge < -0.3 is 4.74 Å². The number of rotatable bonds is 5. The fourth-order valence-electron chi connectivity index (χ4n) is 8.93. The molecule has 6 nitrogen and oxygen atoms in total. The second-order valence-corrected chi connectivity index (χ2v) is 15.0. The van der Waals surface area contributed by atoms with E-state index in [1.54, 1.807) is 6.07 Å². The summed E-state index contributed by atoms with van der Waals surface area (Å²) in [6.45, 7) is 0. The smallest absolute Gasteiger partial charge is 0.164 e. The van der Waals surface area contributed by atoms with E-state index in [1.165, 1.54) is 0 Å². The summed E-state index contributed by atoms with van der Waals surface area (Å²) in [4.78, 5) is 15.2. The molecule has 0 N–H and O–H groups in total. The highest BCUT2D eigenvalue weighted by Crippen LogP contribution is 2.62. The summed E-state index contributed by atoms with van der Waals surface area (Å²) in [6, 6.07) is 68.1. The number of fused-ring (bicyclic) bond motifs is 9. The van der Waals surface area contributed by atoms with Gasteiger partial charge in [-0.05, 0) is 87.0 Å². The van der Waals surface area contributed by atoms with E-state index >= 15 is 0 Å². The Kier molecular flexibility index (Phi) is 8.05. The average molecular weight is 766 g/mol. The number of benzene rings is 8. The fraction of sp³-hybridized carbons (Fsp3) is 0.0185. The van der Waals surface area contributed by atoms with Crippen LogP contribution in [0.2, 0.25) is 0 Å². The quantitative estimate of drug-likeness (QED) is 0.173. The number of hydrogen-bond donors (Lipinski definition) is 0. The van der Waals surface area contributed by atoms with Gasteiger partial charge in [-0.1, -0.05) is 146 Å². The Morgan fingerprint density at radius 3 is 1.28 bits per heavy atom. The SMILES string of the molecule is N#Cc1cc(C#N)cc(-c2ccc(-c3ccc4c(c3)C3(c5ccccc5Oc5ccccc53)c3cc(-c5nc(-c6ccccc6)nc(-c6ccccc6)n5)ccc3-4)cc2)c1. The number of ether oxygens (including phenoxy) is 1. The van der Waals surface area contributed by atoms with Gasteiger partial charge in [0.05, 0.1) is 28.7 Å². The van der Waals surface area contributed by atoms with Crippen molar-refractivity contribution >= 4 is 0 Å². The molecule has 0 saturated heterocycles. The summed E-state index contributed by atoms with van der Waals surface area (Å²) < 4.78 is 6.67. The molecule has 9 aromatic rings. The average Bonchev–Trinajstić information content (AvgIpc) is 3.61. The lowest BCUT2D eigenvalue weighted by Gasteiger charge is -2.39. The van der Waals surface area contributed by atoms with Crippen LogP contribution in [0.3, 0.4) is 0 Å². The Morgan fingerprint density at radius 2 is 0.767 bits per heavy atom. The van der Waals surface area contributed by atoms with Crippen LogP contribution in [0, 0.1) is 22.7 Å². The molecule has 60 heavy (non-hydrogen) atoms. The molecule has 0 amide bonds. The first-order valence-electron chi connectivity index (χ1n) is 19.7. The molecular formula is C54H31N5O. The fourth-order valence-corrected chi connectivity index (χ4v) is 8.93. The van der Waals surface area contributed by atoms with E-state index in [-0.39, 0.29) is 0 Å². The number of hydrogen-bond acceptors (Lipinski definition) is 6. The minimum Gasteiger partial charge on any atom is -0.457 e. The van der Waals surface area contributed by atoms with E-state index in [0.717, 1.165) is 83.8 Å². The summed E-state index contributed by atoms with van der Waals surface area (Å²) in [5.41, 5.74) is 13.5. The molecule has 0 saturated carbocycles. The molecule has 2 aliphatic rings. The largest absolute Gasteiger partial charge is 0.457 e. The van der Waals surface area contributed by atoms with Gasteiger partial charge in [-0.25, -0.2) is 15.0 Å². The van der Waals surface area contributed by atoms with Gasteiger partial charge in [-0.15, -0.1) is 0 Å². The van der Waals surface area contributed by atoms with Crippen LogP contribution in [-0.2, 0) is 5.41 Å². The van der Waals surface area contributed by atoms with Crippen LogP contribution in [-0.4, -0.2) is 15.0 Å².